The molecule has 3 aromatic rings. The molecule has 5 heteroatoms. The molecule has 0 aliphatic carbocycles. The van der Waals surface area contributed by atoms with Crippen molar-refractivity contribution in [3.63, 3.8) is 0 Å². The molecule has 0 N–H and O–H groups in total. The van der Waals surface area contributed by atoms with Gasteiger partial charge in [0.1, 0.15) is 23.0 Å². The van der Waals surface area contributed by atoms with Crippen molar-refractivity contribution in [3.05, 3.63) is 107 Å². The van der Waals surface area contributed by atoms with E-state index in [1.165, 1.54) is 6.07 Å². The number of carbonyl (C=O) groups is 1. The van der Waals surface area contributed by atoms with E-state index in [2.05, 4.69) is 0 Å². The molecule has 1 heterocycles. The lowest BCUT2D eigenvalue weighted by Crippen LogP contribution is -2.37. The maximum atomic E-state index is 13.9. The number of ether oxygens (including phenoxy) is 2. The summed E-state index contributed by atoms with van der Waals surface area (Å²) < 4.78 is 39.3. The SMILES string of the molecule is COCC1(C)C=C(c2ccc(CC(=O)c3c(F)cccc3F)cc2)c2ccccc2O1. The van der Waals surface area contributed by atoms with Crippen molar-refractivity contribution in [1.29, 1.82) is 0 Å². The summed E-state index contributed by atoms with van der Waals surface area (Å²) in [4.78, 5) is 12.4. The van der Waals surface area contributed by atoms with E-state index < -0.39 is 28.6 Å². The molecule has 4 rings (SSSR count). The van der Waals surface area contributed by atoms with Crippen LogP contribution in [-0.2, 0) is 11.2 Å². The fraction of sp³-hybridized carbons (Fsp3) is 0.192. The molecule has 0 radical (unpaired) electrons. The van der Waals surface area contributed by atoms with Crippen LogP contribution in [0.15, 0.2) is 72.8 Å². The summed E-state index contributed by atoms with van der Waals surface area (Å²) in [7, 11) is 1.63. The molecule has 0 amide bonds. The van der Waals surface area contributed by atoms with Crippen molar-refractivity contribution < 1.29 is 23.0 Å². The molecule has 3 nitrogen and oxygen atoms in total. The van der Waals surface area contributed by atoms with Gasteiger partial charge in [0.15, 0.2) is 5.78 Å². The van der Waals surface area contributed by atoms with Crippen molar-refractivity contribution in [1.82, 2.24) is 0 Å². The average Bonchev–Trinajstić information content (AvgIpc) is 2.73. The minimum absolute atomic E-state index is 0.0851. The van der Waals surface area contributed by atoms with E-state index >= 15 is 0 Å². The molecule has 1 aliphatic heterocycles. The molecule has 0 saturated heterocycles. The number of para-hydroxylation sites is 1. The number of ketones is 1. The summed E-state index contributed by atoms with van der Waals surface area (Å²) in [6.07, 6.45) is 1.95. The molecule has 3 aromatic carbocycles. The Hall–Kier alpha value is -3.31. The van der Waals surface area contributed by atoms with Gasteiger partial charge in [-0.25, -0.2) is 8.78 Å². The van der Waals surface area contributed by atoms with Crippen LogP contribution < -0.4 is 4.74 Å². The van der Waals surface area contributed by atoms with Crippen molar-refractivity contribution >= 4 is 11.4 Å². The predicted molar refractivity (Wildman–Crippen MR) is 115 cm³/mol. The number of methoxy groups -OCH3 is 1. The maximum absolute atomic E-state index is 13.9. The third-order valence-electron chi connectivity index (χ3n) is 5.27. The highest BCUT2D eigenvalue weighted by Crippen LogP contribution is 2.39. The summed E-state index contributed by atoms with van der Waals surface area (Å²) in [5.41, 5.74) is 2.48. The molecule has 1 atom stereocenters. The Morgan fingerprint density at radius 3 is 2.32 bits per heavy atom. The zero-order valence-corrected chi connectivity index (χ0v) is 17.3. The van der Waals surface area contributed by atoms with E-state index in [-0.39, 0.29) is 6.42 Å². The number of fused-ring (bicyclic) bond motifs is 1. The van der Waals surface area contributed by atoms with Gasteiger partial charge in [0.2, 0.25) is 0 Å². The van der Waals surface area contributed by atoms with Gasteiger partial charge < -0.3 is 9.47 Å². The van der Waals surface area contributed by atoms with Crippen LogP contribution >= 0.6 is 0 Å². The number of halogens is 2. The van der Waals surface area contributed by atoms with Crippen LogP contribution in [0.2, 0.25) is 0 Å². The molecule has 0 bridgehead atoms. The first-order valence-electron chi connectivity index (χ1n) is 9.97. The van der Waals surface area contributed by atoms with E-state index in [0.717, 1.165) is 34.6 Å². The van der Waals surface area contributed by atoms with Crippen LogP contribution in [0.3, 0.4) is 0 Å². The zero-order valence-electron chi connectivity index (χ0n) is 17.3. The average molecular weight is 420 g/mol. The van der Waals surface area contributed by atoms with Crippen LogP contribution in [-0.4, -0.2) is 25.1 Å². The van der Waals surface area contributed by atoms with Gasteiger partial charge in [0, 0.05) is 19.1 Å². The molecule has 0 fully saturated rings. The van der Waals surface area contributed by atoms with E-state index in [9.17, 15) is 13.6 Å². The van der Waals surface area contributed by atoms with Gasteiger partial charge in [-0.2, -0.15) is 0 Å². The Balaban J connectivity index is 1.63. The number of hydrogen-bond donors (Lipinski definition) is 0. The van der Waals surface area contributed by atoms with Gasteiger partial charge in [-0.3, -0.25) is 4.79 Å². The Morgan fingerprint density at radius 1 is 0.968 bits per heavy atom. The fourth-order valence-corrected chi connectivity index (χ4v) is 3.88. The molecule has 0 saturated carbocycles. The lowest BCUT2D eigenvalue weighted by Gasteiger charge is -2.33. The van der Waals surface area contributed by atoms with Crippen molar-refractivity contribution in [3.8, 4) is 5.75 Å². The highest BCUT2D eigenvalue weighted by Gasteiger charge is 2.31. The maximum Gasteiger partial charge on any atom is 0.173 e. The first-order valence-corrected chi connectivity index (χ1v) is 9.97. The number of benzene rings is 3. The second-order valence-electron chi connectivity index (χ2n) is 7.80. The first kappa shape index (κ1) is 20.9. The fourth-order valence-electron chi connectivity index (χ4n) is 3.88. The summed E-state index contributed by atoms with van der Waals surface area (Å²) >= 11 is 0. The summed E-state index contributed by atoms with van der Waals surface area (Å²) in [6.45, 7) is 2.36. The quantitative estimate of drug-likeness (QED) is 0.486. The minimum atomic E-state index is -0.844. The molecule has 158 valence electrons. The van der Waals surface area contributed by atoms with Crippen molar-refractivity contribution in [2.24, 2.45) is 0 Å². The second-order valence-corrected chi connectivity index (χ2v) is 7.80. The topological polar surface area (TPSA) is 35.5 Å². The molecule has 1 aliphatic rings. The Kier molecular flexibility index (Phi) is 5.70. The molecule has 1 unspecified atom stereocenters. The highest BCUT2D eigenvalue weighted by molar-refractivity contribution is 5.98. The van der Waals surface area contributed by atoms with E-state index in [4.69, 9.17) is 9.47 Å². The van der Waals surface area contributed by atoms with E-state index in [1.54, 1.807) is 19.2 Å². The monoisotopic (exact) mass is 420 g/mol. The van der Waals surface area contributed by atoms with Gasteiger partial charge in [0.05, 0.1) is 12.2 Å². The molecule has 0 spiro atoms. The second kappa shape index (κ2) is 8.44. The summed E-state index contributed by atoms with van der Waals surface area (Å²) in [5.74, 6) is -1.51. The highest BCUT2D eigenvalue weighted by atomic mass is 19.1. The molecular weight excluding hydrogens is 398 g/mol. The lowest BCUT2D eigenvalue weighted by molar-refractivity contribution is 0.0374. The third kappa shape index (κ3) is 4.28. The number of rotatable bonds is 6. The van der Waals surface area contributed by atoms with Gasteiger partial charge in [-0.05, 0) is 47.9 Å². The van der Waals surface area contributed by atoms with Crippen LogP contribution in [0, 0.1) is 11.6 Å². The van der Waals surface area contributed by atoms with Gasteiger partial charge in [-0.1, -0.05) is 48.5 Å². The van der Waals surface area contributed by atoms with Crippen LogP contribution in [0.4, 0.5) is 8.78 Å². The van der Waals surface area contributed by atoms with Crippen LogP contribution in [0.5, 0.6) is 5.75 Å². The summed E-state index contributed by atoms with van der Waals surface area (Å²) in [5, 5.41) is 0. The number of Topliss-reactive ketones (excluding diaryl/α,β-unsaturated/α-hetero) is 1. The smallest absolute Gasteiger partial charge is 0.173 e. The normalized spacial score (nSPS) is 17.5. The van der Waals surface area contributed by atoms with E-state index in [0.29, 0.717) is 12.2 Å². The van der Waals surface area contributed by atoms with E-state index in [1.807, 2.05) is 49.4 Å². The molecule has 0 aromatic heterocycles. The Bertz CT molecular complexity index is 1130. The largest absolute Gasteiger partial charge is 0.480 e. The minimum Gasteiger partial charge on any atom is -0.480 e. The van der Waals surface area contributed by atoms with Gasteiger partial charge in [0.25, 0.3) is 0 Å². The van der Waals surface area contributed by atoms with Gasteiger partial charge in [-0.15, -0.1) is 0 Å². The predicted octanol–water partition coefficient (Wildman–Crippen LogP) is 5.62. The van der Waals surface area contributed by atoms with Crippen molar-refractivity contribution in [2.45, 2.75) is 18.9 Å². The van der Waals surface area contributed by atoms with Crippen molar-refractivity contribution in [2.75, 3.05) is 13.7 Å². The number of carbonyl (C=O) groups excluding carboxylic acids is 1. The first-order chi connectivity index (χ1) is 14.9. The van der Waals surface area contributed by atoms with Gasteiger partial charge >= 0.3 is 0 Å². The summed E-state index contributed by atoms with van der Waals surface area (Å²) in [6, 6.07) is 18.6. The Labute approximate surface area is 179 Å². The molecule has 31 heavy (non-hydrogen) atoms. The zero-order chi connectivity index (χ0) is 22.0. The van der Waals surface area contributed by atoms with Crippen LogP contribution in [0.25, 0.3) is 5.57 Å². The number of hydrogen-bond acceptors (Lipinski definition) is 3. The lowest BCUT2D eigenvalue weighted by atomic mass is 9.89. The molecular formula is C26H22F2O3. The van der Waals surface area contributed by atoms with Crippen LogP contribution in [0.1, 0.15) is 34.0 Å². The standard InChI is InChI=1S/C26H22F2O3/c1-26(16-30-2)15-20(19-6-3-4-9-24(19)31-26)18-12-10-17(11-13-18)14-23(29)25-21(27)7-5-8-22(25)28/h3-13,15H,14,16H2,1-2H3. The third-order valence-corrected chi connectivity index (χ3v) is 5.27. The Morgan fingerprint density at radius 2 is 1.65 bits per heavy atom.